The van der Waals surface area contributed by atoms with E-state index in [9.17, 15) is 13.6 Å². The predicted molar refractivity (Wildman–Crippen MR) is 77.6 cm³/mol. The summed E-state index contributed by atoms with van der Waals surface area (Å²) in [4.78, 5) is 12.0. The first-order chi connectivity index (χ1) is 10.1. The Morgan fingerprint density at radius 2 is 2.05 bits per heavy atom. The van der Waals surface area contributed by atoms with Gasteiger partial charge in [0.05, 0.1) is 5.56 Å². The maximum Gasteiger partial charge on any atom is 0.258 e. The smallest absolute Gasteiger partial charge is 0.258 e. The molecule has 0 fully saturated rings. The number of nitrogens with one attached hydrogen (secondary N) is 2. The van der Waals surface area contributed by atoms with Gasteiger partial charge in [-0.2, -0.15) is 0 Å². The van der Waals surface area contributed by atoms with Crippen LogP contribution in [0.25, 0.3) is 0 Å². The summed E-state index contributed by atoms with van der Waals surface area (Å²) in [5.74, 6) is -2.82. The van der Waals surface area contributed by atoms with E-state index in [1.807, 2.05) is 12.1 Å². The van der Waals surface area contributed by atoms with Crippen molar-refractivity contribution >= 4 is 17.3 Å². The molecule has 0 saturated carbocycles. The quantitative estimate of drug-likeness (QED) is 0.887. The summed E-state index contributed by atoms with van der Waals surface area (Å²) in [7, 11) is 0. The van der Waals surface area contributed by atoms with Gasteiger partial charge in [0.25, 0.3) is 5.91 Å². The lowest BCUT2D eigenvalue weighted by Crippen LogP contribution is -2.16. The molecule has 2 N–H and O–H groups in total. The van der Waals surface area contributed by atoms with E-state index in [0.29, 0.717) is 5.69 Å². The van der Waals surface area contributed by atoms with E-state index in [4.69, 9.17) is 0 Å². The highest BCUT2D eigenvalue weighted by molar-refractivity contribution is 6.04. The van der Waals surface area contributed by atoms with Crippen molar-refractivity contribution in [2.24, 2.45) is 0 Å². The van der Waals surface area contributed by atoms with Gasteiger partial charge in [0, 0.05) is 17.9 Å². The summed E-state index contributed by atoms with van der Waals surface area (Å²) in [6.45, 7) is 0.938. The second-order valence-electron chi connectivity index (χ2n) is 4.96. The summed E-state index contributed by atoms with van der Waals surface area (Å²) < 4.78 is 26.7. The Morgan fingerprint density at radius 1 is 1.19 bits per heavy atom. The average molecular weight is 288 g/mol. The van der Waals surface area contributed by atoms with Crippen LogP contribution in [0.5, 0.6) is 0 Å². The SMILES string of the molecule is O=C(Nc1ccc2c(c1)CCCN2)c1cccc(F)c1F. The molecule has 108 valence electrons. The molecule has 2 aromatic carbocycles. The zero-order valence-corrected chi connectivity index (χ0v) is 11.2. The third-order valence-electron chi connectivity index (χ3n) is 3.50. The van der Waals surface area contributed by atoms with Crippen molar-refractivity contribution in [2.45, 2.75) is 12.8 Å². The molecule has 1 amide bonds. The van der Waals surface area contributed by atoms with Crippen molar-refractivity contribution in [3.8, 4) is 0 Å². The molecule has 5 heteroatoms. The first-order valence-electron chi connectivity index (χ1n) is 6.77. The Kier molecular flexibility index (Phi) is 3.56. The maximum absolute atomic E-state index is 13.6. The van der Waals surface area contributed by atoms with Crippen LogP contribution in [0.1, 0.15) is 22.3 Å². The number of carbonyl (C=O) groups is 1. The number of benzene rings is 2. The van der Waals surface area contributed by atoms with Crippen molar-refractivity contribution in [3.05, 3.63) is 59.2 Å². The van der Waals surface area contributed by atoms with Gasteiger partial charge in [-0.15, -0.1) is 0 Å². The highest BCUT2D eigenvalue weighted by Crippen LogP contribution is 2.25. The molecule has 0 aliphatic carbocycles. The predicted octanol–water partition coefficient (Wildman–Crippen LogP) is 3.58. The molecule has 0 spiro atoms. The highest BCUT2D eigenvalue weighted by atomic mass is 19.2. The molecule has 0 aromatic heterocycles. The van der Waals surface area contributed by atoms with Crippen molar-refractivity contribution in [1.82, 2.24) is 0 Å². The van der Waals surface area contributed by atoms with Gasteiger partial charge < -0.3 is 10.6 Å². The standard InChI is InChI=1S/C16H14F2N2O/c17-13-5-1-4-12(15(13)18)16(21)20-11-6-7-14-10(9-11)3-2-8-19-14/h1,4-7,9,19H,2-3,8H2,(H,20,21). The number of hydrogen-bond acceptors (Lipinski definition) is 2. The molecular formula is C16H14F2N2O. The van der Waals surface area contributed by atoms with Crippen molar-refractivity contribution in [3.63, 3.8) is 0 Å². The minimum absolute atomic E-state index is 0.300. The van der Waals surface area contributed by atoms with Crippen LogP contribution in [-0.2, 0) is 6.42 Å². The molecule has 0 radical (unpaired) electrons. The molecule has 1 aliphatic rings. The van der Waals surface area contributed by atoms with Crippen molar-refractivity contribution in [2.75, 3.05) is 17.2 Å². The highest BCUT2D eigenvalue weighted by Gasteiger charge is 2.16. The van der Waals surface area contributed by atoms with Crippen LogP contribution in [0, 0.1) is 11.6 Å². The van der Waals surface area contributed by atoms with E-state index in [1.165, 1.54) is 12.1 Å². The normalized spacial score (nSPS) is 13.2. The van der Waals surface area contributed by atoms with Crippen molar-refractivity contribution < 1.29 is 13.6 Å². The Morgan fingerprint density at radius 3 is 2.90 bits per heavy atom. The number of carbonyl (C=O) groups excluding carboxylic acids is 1. The summed E-state index contributed by atoms with van der Waals surface area (Å²) >= 11 is 0. The third-order valence-corrected chi connectivity index (χ3v) is 3.50. The Labute approximate surface area is 121 Å². The molecule has 2 aromatic rings. The molecule has 0 saturated heterocycles. The van der Waals surface area contributed by atoms with E-state index in [2.05, 4.69) is 10.6 Å². The van der Waals surface area contributed by atoms with E-state index < -0.39 is 17.5 Å². The number of anilines is 2. The van der Waals surface area contributed by atoms with E-state index >= 15 is 0 Å². The third kappa shape index (κ3) is 2.72. The van der Waals surface area contributed by atoms with Crippen LogP contribution in [0.15, 0.2) is 36.4 Å². The summed E-state index contributed by atoms with van der Waals surface area (Å²) in [5.41, 5.74) is 2.44. The van der Waals surface area contributed by atoms with Crippen LogP contribution >= 0.6 is 0 Å². The number of aryl methyl sites for hydroxylation is 1. The van der Waals surface area contributed by atoms with Gasteiger partial charge in [-0.25, -0.2) is 8.78 Å². The first kappa shape index (κ1) is 13.5. The molecule has 0 atom stereocenters. The van der Waals surface area contributed by atoms with Gasteiger partial charge in [-0.3, -0.25) is 4.79 Å². The number of fused-ring (bicyclic) bond motifs is 1. The Bertz CT molecular complexity index is 701. The summed E-state index contributed by atoms with van der Waals surface area (Å²) in [6.07, 6.45) is 1.96. The lowest BCUT2D eigenvalue weighted by molar-refractivity contribution is 0.102. The van der Waals surface area contributed by atoms with E-state index in [0.717, 1.165) is 36.7 Å². The second kappa shape index (κ2) is 5.52. The maximum atomic E-state index is 13.6. The minimum atomic E-state index is -1.13. The first-order valence-corrected chi connectivity index (χ1v) is 6.77. The fourth-order valence-corrected chi connectivity index (χ4v) is 2.43. The molecular weight excluding hydrogens is 274 g/mol. The van der Waals surface area contributed by atoms with Gasteiger partial charge in [0.15, 0.2) is 11.6 Å². The van der Waals surface area contributed by atoms with Crippen LogP contribution < -0.4 is 10.6 Å². The summed E-state index contributed by atoms with van der Waals surface area (Å²) in [6, 6.07) is 9.03. The fourth-order valence-electron chi connectivity index (χ4n) is 2.43. The number of hydrogen-bond donors (Lipinski definition) is 2. The zero-order chi connectivity index (χ0) is 14.8. The lowest BCUT2D eigenvalue weighted by Gasteiger charge is -2.18. The van der Waals surface area contributed by atoms with Gasteiger partial charge in [0.2, 0.25) is 0 Å². The molecule has 21 heavy (non-hydrogen) atoms. The van der Waals surface area contributed by atoms with Crippen molar-refractivity contribution in [1.29, 1.82) is 0 Å². The monoisotopic (exact) mass is 288 g/mol. The second-order valence-corrected chi connectivity index (χ2v) is 4.96. The lowest BCUT2D eigenvalue weighted by atomic mass is 10.0. The van der Waals surface area contributed by atoms with Gasteiger partial charge in [0.1, 0.15) is 0 Å². The Balaban J connectivity index is 1.83. The average Bonchev–Trinajstić information content (AvgIpc) is 2.50. The number of halogens is 2. The fraction of sp³-hybridized carbons (Fsp3) is 0.188. The Hall–Kier alpha value is -2.43. The van der Waals surface area contributed by atoms with Gasteiger partial charge >= 0.3 is 0 Å². The molecule has 3 nitrogen and oxygen atoms in total. The molecule has 0 bridgehead atoms. The number of amides is 1. The minimum Gasteiger partial charge on any atom is -0.385 e. The molecule has 3 rings (SSSR count). The van der Waals surface area contributed by atoms with Crippen LogP contribution in [0.2, 0.25) is 0 Å². The largest absolute Gasteiger partial charge is 0.385 e. The van der Waals surface area contributed by atoms with Crippen LogP contribution in [0.3, 0.4) is 0 Å². The van der Waals surface area contributed by atoms with E-state index in [1.54, 1.807) is 6.07 Å². The van der Waals surface area contributed by atoms with Crippen LogP contribution in [0.4, 0.5) is 20.2 Å². The number of rotatable bonds is 2. The van der Waals surface area contributed by atoms with Gasteiger partial charge in [-0.1, -0.05) is 6.07 Å². The van der Waals surface area contributed by atoms with Gasteiger partial charge in [-0.05, 0) is 48.7 Å². The summed E-state index contributed by atoms with van der Waals surface area (Å²) in [5, 5.41) is 5.87. The topological polar surface area (TPSA) is 41.1 Å². The molecule has 1 aliphatic heterocycles. The van der Waals surface area contributed by atoms with E-state index in [-0.39, 0.29) is 5.56 Å². The molecule has 0 unspecified atom stereocenters. The molecule has 1 heterocycles. The van der Waals surface area contributed by atoms with Crippen LogP contribution in [-0.4, -0.2) is 12.5 Å². The zero-order valence-electron chi connectivity index (χ0n) is 11.2.